The normalized spacial score (nSPS) is 11.0. The SMILES string of the molecule is CCCn1c(-c2cc(C)nn2CC)n[nH]c1=S. The minimum atomic E-state index is 0.670. The highest BCUT2D eigenvalue weighted by molar-refractivity contribution is 7.71. The quantitative estimate of drug-likeness (QED) is 0.850. The van der Waals surface area contributed by atoms with E-state index in [1.807, 2.05) is 22.2 Å². The molecule has 0 atom stereocenters. The Kier molecular flexibility index (Phi) is 3.42. The van der Waals surface area contributed by atoms with Crippen molar-refractivity contribution < 1.29 is 0 Å². The minimum absolute atomic E-state index is 0.670. The molecule has 17 heavy (non-hydrogen) atoms. The summed E-state index contributed by atoms with van der Waals surface area (Å²) in [5.41, 5.74) is 2.02. The number of hydrogen-bond acceptors (Lipinski definition) is 3. The Morgan fingerprint density at radius 3 is 2.82 bits per heavy atom. The van der Waals surface area contributed by atoms with Crippen LogP contribution in [-0.2, 0) is 13.1 Å². The third kappa shape index (κ3) is 2.17. The monoisotopic (exact) mass is 251 g/mol. The van der Waals surface area contributed by atoms with Crippen molar-refractivity contribution in [3.8, 4) is 11.5 Å². The fraction of sp³-hybridized carbons (Fsp3) is 0.545. The first-order chi connectivity index (χ1) is 8.17. The Morgan fingerprint density at radius 1 is 1.41 bits per heavy atom. The molecule has 0 radical (unpaired) electrons. The average Bonchev–Trinajstić information content (AvgIpc) is 2.84. The molecule has 2 aromatic rings. The van der Waals surface area contributed by atoms with Gasteiger partial charge in [0.2, 0.25) is 0 Å². The van der Waals surface area contributed by atoms with Crippen LogP contribution in [0.2, 0.25) is 0 Å². The van der Waals surface area contributed by atoms with E-state index in [1.54, 1.807) is 0 Å². The van der Waals surface area contributed by atoms with Gasteiger partial charge in [-0.25, -0.2) is 0 Å². The smallest absolute Gasteiger partial charge is 0.195 e. The first kappa shape index (κ1) is 12.0. The molecule has 0 unspecified atom stereocenters. The first-order valence-corrected chi connectivity index (χ1v) is 6.28. The number of aromatic nitrogens is 5. The third-order valence-corrected chi connectivity index (χ3v) is 2.95. The van der Waals surface area contributed by atoms with Crippen LogP contribution in [0.4, 0.5) is 0 Å². The van der Waals surface area contributed by atoms with E-state index in [4.69, 9.17) is 12.2 Å². The minimum Gasteiger partial charge on any atom is -0.299 e. The molecule has 0 spiro atoms. The second-order valence-electron chi connectivity index (χ2n) is 3.99. The maximum absolute atomic E-state index is 5.24. The molecule has 0 aromatic carbocycles. The summed E-state index contributed by atoms with van der Waals surface area (Å²) in [7, 11) is 0. The van der Waals surface area contributed by atoms with Crippen LogP contribution in [0.25, 0.3) is 11.5 Å². The summed E-state index contributed by atoms with van der Waals surface area (Å²) >= 11 is 5.24. The van der Waals surface area contributed by atoms with Gasteiger partial charge in [0.1, 0.15) is 5.69 Å². The number of nitrogens with one attached hydrogen (secondary N) is 1. The van der Waals surface area contributed by atoms with Crippen molar-refractivity contribution in [1.82, 2.24) is 24.5 Å². The lowest BCUT2D eigenvalue weighted by atomic mass is 10.3. The molecule has 0 amide bonds. The van der Waals surface area contributed by atoms with Crippen molar-refractivity contribution in [1.29, 1.82) is 0 Å². The number of aromatic amines is 1. The molecule has 1 N–H and O–H groups in total. The average molecular weight is 251 g/mol. The Balaban J connectivity index is 2.55. The van der Waals surface area contributed by atoms with Crippen LogP contribution in [-0.4, -0.2) is 24.5 Å². The van der Waals surface area contributed by atoms with Crippen LogP contribution in [0.5, 0.6) is 0 Å². The van der Waals surface area contributed by atoms with E-state index < -0.39 is 0 Å². The van der Waals surface area contributed by atoms with Gasteiger partial charge in [0, 0.05) is 13.1 Å². The Morgan fingerprint density at radius 2 is 2.18 bits per heavy atom. The Hall–Kier alpha value is -1.43. The molecule has 0 saturated carbocycles. The molecule has 0 aliphatic heterocycles. The van der Waals surface area contributed by atoms with Crippen LogP contribution in [0, 0.1) is 11.7 Å². The molecular formula is C11H17N5S. The fourth-order valence-electron chi connectivity index (χ4n) is 1.91. The second kappa shape index (κ2) is 4.83. The highest BCUT2D eigenvalue weighted by Crippen LogP contribution is 2.19. The van der Waals surface area contributed by atoms with Crippen molar-refractivity contribution in [2.24, 2.45) is 0 Å². The molecule has 0 aliphatic carbocycles. The van der Waals surface area contributed by atoms with Gasteiger partial charge in [0.05, 0.1) is 5.69 Å². The van der Waals surface area contributed by atoms with E-state index in [-0.39, 0.29) is 0 Å². The van der Waals surface area contributed by atoms with E-state index in [9.17, 15) is 0 Å². The van der Waals surface area contributed by atoms with Crippen LogP contribution in [0.3, 0.4) is 0 Å². The molecule has 2 heterocycles. The van der Waals surface area contributed by atoms with Gasteiger partial charge in [-0.2, -0.15) is 10.2 Å². The van der Waals surface area contributed by atoms with Crippen LogP contribution >= 0.6 is 12.2 Å². The first-order valence-electron chi connectivity index (χ1n) is 5.87. The van der Waals surface area contributed by atoms with E-state index in [0.717, 1.165) is 36.7 Å². The largest absolute Gasteiger partial charge is 0.299 e. The van der Waals surface area contributed by atoms with Gasteiger partial charge in [0.25, 0.3) is 0 Å². The van der Waals surface area contributed by atoms with Gasteiger partial charge < -0.3 is 0 Å². The molecule has 0 saturated heterocycles. The zero-order valence-corrected chi connectivity index (χ0v) is 11.2. The molecule has 5 nitrogen and oxygen atoms in total. The van der Waals surface area contributed by atoms with Crippen LogP contribution < -0.4 is 0 Å². The Bertz CT molecular complexity index is 563. The molecule has 2 aromatic heterocycles. The molecular weight excluding hydrogens is 234 g/mol. The summed E-state index contributed by atoms with van der Waals surface area (Å²) in [6, 6.07) is 2.04. The molecule has 6 heteroatoms. The summed E-state index contributed by atoms with van der Waals surface area (Å²) in [5, 5.41) is 11.6. The van der Waals surface area contributed by atoms with E-state index in [1.165, 1.54) is 0 Å². The lowest BCUT2D eigenvalue weighted by Gasteiger charge is -2.06. The number of nitrogens with zero attached hydrogens (tertiary/aromatic N) is 4. The zero-order valence-electron chi connectivity index (χ0n) is 10.4. The predicted octanol–water partition coefficient (Wildman–Crippen LogP) is 2.54. The summed E-state index contributed by atoms with van der Waals surface area (Å²) in [6.45, 7) is 7.89. The topological polar surface area (TPSA) is 51.4 Å². The summed E-state index contributed by atoms with van der Waals surface area (Å²) in [4.78, 5) is 0. The standard InChI is InChI=1S/C11H17N5S/c1-4-6-15-10(12-13-11(15)17)9-7-8(3)14-16(9)5-2/h7H,4-6H2,1-3H3,(H,13,17). The lowest BCUT2D eigenvalue weighted by Crippen LogP contribution is -2.05. The van der Waals surface area contributed by atoms with Gasteiger partial charge in [0.15, 0.2) is 10.6 Å². The van der Waals surface area contributed by atoms with Gasteiger partial charge in [-0.15, -0.1) is 0 Å². The Labute approximate surface area is 105 Å². The van der Waals surface area contributed by atoms with Crippen LogP contribution in [0.15, 0.2) is 6.07 Å². The van der Waals surface area contributed by atoms with Crippen molar-refractivity contribution in [3.05, 3.63) is 16.5 Å². The molecule has 0 aliphatic rings. The second-order valence-corrected chi connectivity index (χ2v) is 4.38. The van der Waals surface area contributed by atoms with Crippen molar-refractivity contribution in [2.45, 2.75) is 40.3 Å². The lowest BCUT2D eigenvalue weighted by molar-refractivity contribution is 0.637. The predicted molar refractivity (Wildman–Crippen MR) is 69.3 cm³/mol. The molecule has 0 fully saturated rings. The maximum atomic E-state index is 5.24. The highest BCUT2D eigenvalue weighted by Gasteiger charge is 2.13. The van der Waals surface area contributed by atoms with Gasteiger partial charge in [-0.3, -0.25) is 14.3 Å². The van der Waals surface area contributed by atoms with E-state index in [2.05, 4.69) is 29.1 Å². The maximum Gasteiger partial charge on any atom is 0.195 e. The van der Waals surface area contributed by atoms with E-state index in [0.29, 0.717) is 4.77 Å². The zero-order chi connectivity index (χ0) is 12.4. The van der Waals surface area contributed by atoms with Gasteiger partial charge in [-0.05, 0) is 38.6 Å². The molecule has 0 bridgehead atoms. The summed E-state index contributed by atoms with van der Waals surface area (Å²) < 4.78 is 4.65. The summed E-state index contributed by atoms with van der Waals surface area (Å²) in [6.07, 6.45) is 1.03. The molecule has 92 valence electrons. The number of hydrogen-bond donors (Lipinski definition) is 1. The highest BCUT2D eigenvalue weighted by atomic mass is 32.1. The summed E-state index contributed by atoms with van der Waals surface area (Å²) in [5.74, 6) is 0.874. The van der Waals surface area contributed by atoms with Gasteiger partial charge >= 0.3 is 0 Å². The number of H-pyrrole nitrogens is 1. The van der Waals surface area contributed by atoms with Crippen molar-refractivity contribution in [3.63, 3.8) is 0 Å². The van der Waals surface area contributed by atoms with Crippen molar-refractivity contribution >= 4 is 12.2 Å². The van der Waals surface area contributed by atoms with E-state index >= 15 is 0 Å². The molecule has 2 rings (SSSR count). The third-order valence-electron chi connectivity index (χ3n) is 2.64. The van der Waals surface area contributed by atoms with Crippen molar-refractivity contribution in [2.75, 3.05) is 0 Å². The van der Waals surface area contributed by atoms with Gasteiger partial charge in [-0.1, -0.05) is 6.92 Å². The fourth-order valence-corrected chi connectivity index (χ4v) is 2.13. The number of rotatable bonds is 4. The van der Waals surface area contributed by atoms with Crippen LogP contribution in [0.1, 0.15) is 26.0 Å². The number of aryl methyl sites for hydroxylation is 2.